The summed E-state index contributed by atoms with van der Waals surface area (Å²) in [5.74, 6) is 1.43. The van der Waals surface area contributed by atoms with Crippen LogP contribution in [-0.4, -0.2) is 26.7 Å². The van der Waals surface area contributed by atoms with Crippen molar-refractivity contribution in [3.8, 4) is 0 Å². The fourth-order valence-corrected chi connectivity index (χ4v) is 3.61. The van der Waals surface area contributed by atoms with Crippen molar-refractivity contribution < 1.29 is 0 Å². The van der Waals surface area contributed by atoms with Gasteiger partial charge in [0, 0.05) is 25.4 Å². The monoisotopic (exact) mass is 298 g/mol. The lowest BCUT2D eigenvalue weighted by Gasteiger charge is -2.17. The Morgan fingerprint density at radius 3 is 2.80 bits per heavy atom. The molecule has 1 saturated heterocycles. The molecule has 1 aliphatic rings. The summed E-state index contributed by atoms with van der Waals surface area (Å²) in [6.07, 6.45) is 3.17. The van der Waals surface area contributed by atoms with E-state index in [1.165, 1.54) is 23.8 Å². The highest BCUT2D eigenvalue weighted by Crippen LogP contribution is 2.26. The van der Waals surface area contributed by atoms with Crippen molar-refractivity contribution in [1.29, 1.82) is 0 Å². The van der Waals surface area contributed by atoms with E-state index >= 15 is 0 Å². The Bertz CT molecular complexity index is 587. The molecule has 0 aromatic carbocycles. The molecule has 1 aromatic heterocycles. The van der Waals surface area contributed by atoms with Crippen LogP contribution in [0.5, 0.6) is 0 Å². The van der Waals surface area contributed by atoms with Gasteiger partial charge in [0.25, 0.3) is 5.56 Å². The van der Waals surface area contributed by atoms with Gasteiger partial charge in [0.15, 0.2) is 0 Å². The molecule has 7 heteroatoms. The van der Waals surface area contributed by atoms with Crippen molar-refractivity contribution in [2.75, 3.05) is 23.3 Å². The van der Waals surface area contributed by atoms with Crippen LogP contribution in [0.2, 0.25) is 0 Å². The lowest BCUT2D eigenvalue weighted by Crippen LogP contribution is -2.41. The molecule has 112 valence electrons. The average Bonchev–Trinajstić information content (AvgIpc) is 2.94. The molecular weight excluding hydrogens is 276 g/mol. The summed E-state index contributed by atoms with van der Waals surface area (Å²) in [6, 6.07) is 0. The van der Waals surface area contributed by atoms with Crippen molar-refractivity contribution in [1.82, 2.24) is 9.13 Å². The molecule has 0 radical (unpaired) electrons. The molecule has 0 bridgehead atoms. The van der Waals surface area contributed by atoms with Crippen LogP contribution in [0.4, 0.5) is 11.5 Å². The lowest BCUT2D eigenvalue weighted by atomic mass is 10.2. The Kier molecular flexibility index (Phi) is 4.80. The second-order valence-electron chi connectivity index (χ2n) is 5.07. The number of hydrogen-bond donors (Lipinski definition) is 2. The molecule has 0 aliphatic carbocycles. The number of thioether (sulfide) groups is 1. The van der Waals surface area contributed by atoms with Gasteiger partial charge in [-0.05, 0) is 25.0 Å². The molecule has 1 fully saturated rings. The number of nitrogens with one attached hydrogen (secondary N) is 1. The van der Waals surface area contributed by atoms with Gasteiger partial charge in [-0.2, -0.15) is 11.8 Å². The van der Waals surface area contributed by atoms with Gasteiger partial charge in [-0.3, -0.25) is 13.9 Å². The van der Waals surface area contributed by atoms with Crippen LogP contribution in [0, 0.1) is 0 Å². The van der Waals surface area contributed by atoms with E-state index in [1.54, 1.807) is 0 Å². The van der Waals surface area contributed by atoms with E-state index in [-0.39, 0.29) is 17.1 Å². The Balaban J connectivity index is 2.31. The predicted octanol–water partition coefficient (Wildman–Crippen LogP) is 0.847. The van der Waals surface area contributed by atoms with Crippen LogP contribution < -0.4 is 22.3 Å². The van der Waals surface area contributed by atoms with E-state index in [0.717, 1.165) is 17.4 Å². The van der Waals surface area contributed by atoms with Crippen LogP contribution in [0.1, 0.15) is 26.2 Å². The number of nitrogen functional groups attached to an aromatic ring is 1. The first-order valence-corrected chi connectivity index (χ1v) is 8.06. The van der Waals surface area contributed by atoms with Crippen molar-refractivity contribution in [3.05, 3.63) is 20.8 Å². The molecule has 0 amide bonds. The zero-order valence-corrected chi connectivity index (χ0v) is 12.8. The molecule has 1 aromatic rings. The third kappa shape index (κ3) is 2.87. The molecule has 1 unspecified atom stereocenters. The second-order valence-corrected chi connectivity index (χ2v) is 6.48. The van der Waals surface area contributed by atoms with Gasteiger partial charge in [0.05, 0.1) is 0 Å². The standard InChI is InChI=1S/C13H22N4O2S/c1-3-6-17-11(14)10(12(18)16(2)13(17)19)15-8-9-5-4-7-20-9/h9,15H,3-8,14H2,1-2H3. The molecular formula is C13H22N4O2S. The lowest BCUT2D eigenvalue weighted by molar-refractivity contribution is 0.600. The molecule has 0 saturated carbocycles. The summed E-state index contributed by atoms with van der Waals surface area (Å²) >= 11 is 1.91. The highest BCUT2D eigenvalue weighted by Gasteiger charge is 2.19. The minimum absolute atomic E-state index is 0.253. The summed E-state index contributed by atoms with van der Waals surface area (Å²) in [4.78, 5) is 24.2. The van der Waals surface area contributed by atoms with E-state index in [0.29, 0.717) is 24.0 Å². The highest BCUT2D eigenvalue weighted by atomic mass is 32.2. The molecule has 3 N–H and O–H groups in total. The van der Waals surface area contributed by atoms with Gasteiger partial charge in [0.2, 0.25) is 0 Å². The number of nitrogens with zero attached hydrogens (tertiary/aromatic N) is 2. The van der Waals surface area contributed by atoms with Gasteiger partial charge in [-0.15, -0.1) is 0 Å². The first-order valence-electron chi connectivity index (χ1n) is 7.01. The van der Waals surface area contributed by atoms with Crippen molar-refractivity contribution in [3.63, 3.8) is 0 Å². The maximum atomic E-state index is 12.2. The number of rotatable bonds is 5. The summed E-state index contributed by atoms with van der Waals surface area (Å²) in [5, 5.41) is 3.67. The van der Waals surface area contributed by atoms with Crippen LogP contribution in [0.15, 0.2) is 9.59 Å². The summed E-state index contributed by atoms with van der Waals surface area (Å²) < 4.78 is 2.58. The fourth-order valence-electron chi connectivity index (χ4n) is 2.41. The third-order valence-electron chi connectivity index (χ3n) is 3.56. The van der Waals surface area contributed by atoms with Crippen LogP contribution in [0.25, 0.3) is 0 Å². The highest BCUT2D eigenvalue weighted by molar-refractivity contribution is 8.00. The minimum Gasteiger partial charge on any atom is -0.383 e. The largest absolute Gasteiger partial charge is 0.383 e. The normalized spacial score (nSPS) is 18.4. The minimum atomic E-state index is -0.352. The Morgan fingerprint density at radius 1 is 1.45 bits per heavy atom. The Hall–Kier alpha value is -1.37. The third-order valence-corrected chi connectivity index (χ3v) is 4.96. The SMILES string of the molecule is CCCn1c(N)c(NCC2CCCS2)c(=O)n(C)c1=O. The zero-order chi connectivity index (χ0) is 14.7. The number of anilines is 2. The quantitative estimate of drug-likeness (QED) is 0.842. The molecule has 0 spiro atoms. The summed E-state index contributed by atoms with van der Waals surface area (Å²) in [7, 11) is 1.49. The fraction of sp³-hybridized carbons (Fsp3) is 0.692. The van der Waals surface area contributed by atoms with Gasteiger partial charge in [-0.1, -0.05) is 6.92 Å². The number of aromatic nitrogens is 2. The van der Waals surface area contributed by atoms with Gasteiger partial charge >= 0.3 is 5.69 Å². The molecule has 6 nitrogen and oxygen atoms in total. The van der Waals surface area contributed by atoms with Crippen molar-refractivity contribution in [2.45, 2.75) is 38.0 Å². The molecule has 1 aliphatic heterocycles. The second kappa shape index (κ2) is 6.39. The molecule has 20 heavy (non-hydrogen) atoms. The van der Waals surface area contributed by atoms with E-state index in [4.69, 9.17) is 5.73 Å². The van der Waals surface area contributed by atoms with Gasteiger partial charge in [-0.25, -0.2) is 4.79 Å². The summed E-state index contributed by atoms with van der Waals surface area (Å²) in [6.45, 7) is 3.21. The van der Waals surface area contributed by atoms with Crippen LogP contribution in [-0.2, 0) is 13.6 Å². The average molecular weight is 298 g/mol. The summed E-state index contributed by atoms with van der Waals surface area (Å²) in [5.41, 5.74) is 5.66. The van der Waals surface area contributed by atoms with E-state index in [2.05, 4.69) is 5.32 Å². The van der Waals surface area contributed by atoms with E-state index in [1.807, 2.05) is 18.7 Å². The van der Waals surface area contributed by atoms with Gasteiger partial charge < -0.3 is 11.1 Å². The number of nitrogens with two attached hydrogens (primary N) is 1. The van der Waals surface area contributed by atoms with Crippen molar-refractivity contribution >= 4 is 23.3 Å². The van der Waals surface area contributed by atoms with Crippen LogP contribution >= 0.6 is 11.8 Å². The van der Waals surface area contributed by atoms with E-state index < -0.39 is 0 Å². The maximum absolute atomic E-state index is 12.2. The van der Waals surface area contributed by atoms with E-state index in [9.17, 15) is 9.59 Å². The first kappa shape index (κ1) is 15.0. The Morgan fingerprint density at radius 2 is 2.20 bits per heavy atom. The zero-order valence-electron chi connectivity index (χ0n) is 12.0. The first-order chi connectivity index (χ1) is 9.56. The van der Waals surface area contributed by atoms with Crippen molar-refractivity contribution in [2.24, 2.45) is 7.05 Å². The topological polar surface area (TPSA) is 82.0 Å². The molecule has 2 rings (SSSR count). The Labute approximate surface area is 122 Å². The predicted molar refractivity (Wildman–Crippen MR) is 84.6 cm³/mol. The van der Waals surface area contributed by atoms with Gasteiger partial charge in [0.1, 0.15) is 11.5 Å². The maximum Gasteiger partial charge on any atom is 0.332 e. The van der Waals surface area contributed by atoms with Crippen LogP contribution in [0.3, 0.4) is 0 Å². The molecule has 2 heterocycles. The molecule has 1 atom stereocenters. The smallest absolute Gasteiger partial charge is 0.332 e. The number of hydrogen-bond acceptors (Lipinski definition) is 5.